The summed E-state index contributed by atoms with van der Waals surface area (Å²) in [6.45, 7) is 10.1. The van der Waals surface area contributed by atoms with Crippen molar-refractivity contribution in [3.63, 3.8) is 0 Å². The number of aliphatic hydroxyl groups excluding tert-OH is 2. The number of ether oxygens (including phenoxy) is 3. The molecule has 0 aromatic heterocycles. The van der Waals surface area contributed by atoms with Crippen molar-refractivity contribution in [2.75, 3.05) is 6.61 Å². The summed E-state index contributed by atoms with van der Waals surface area (Å²) in [4.78, 5) is 37.4. The molecule has 8 fully saturated rings. The second-order valence-electron chi connectivity index (χ2n) is 18.2. The van der Waals surface area contributed by atoms with Gasteiger partial charge in [-0.2, -0.15) is 0 Å². The van der Waals surface area contributed by atoms with Gasteiger partial charge in [-0.05, 0) is 160 Å². The number of rotatable bonds is 8. The molecule has 8 heteroatoms. The van der Waals surface area contributed by atoms with Crippen molar-refractivity contribution in [3.05, 3.63) is 0 Å². The summed E-state index contributed by atoms with van der Waals surface area (Å²) in [5.41, 5.74) is -0.722. The van der Waals surface area contributed by atoms with E-state index in [2.05, 4.69) is 27.7 Å². The Kier molecular flexibility index (Phi) is 8.83. The molecule has 0 aromatic rings. The van der Waals surface area contributed by atoms with Crippen molar-refractivity contribution >= 4 is 17.9 Å². The molecular weight excluding hydrogens is 596 g/mol. The van der Waals surface area contributed by atoms with Crippen molar-refractivity contribution in [2.24, 2.45) is 70.0 Å². The van der Waals surface area contributed by atoms with Crippen molar-refractivity contribution in [2.45, 2.75) is 148 Å². The molecule has 0 aliphatic heterocycles. The molecule has 0 radical (unpaired) electrons. The van der Waals surface area contributed by atoms with E-state index in [0.29, 0.717) is 24.7 Å². The van der Waals surface area contributed by atoms with E-state index in [9.17, 15) is 24.6 Å². The second kappa shape index (κ2) is 12.3. The topological polar surface area (TPSA) is 119 Å². The predicted molar refractivity (Wildman–Crippen MR) is 174 cm³/mol. The summed E-state index contributed by atoms with van der Waals surface area (Å²) in [6.07, 6.45) is 11.9. The average molecular weight is 657 g/mol. The summed E-state index contributed by atoms with van der Waals surface area (Å²) in [7, 11) is 0. The highest BCUT2D eigenvalue weighted by atomic mass is 16.6. The van der Waals surface area contributed by atoms with Crippen molar-refractivity contribution in [3.8, 4) is 0 Å². The largest absolute Gasteiger partial charge is 0.463 e. The smallest absolute Gasteiger partial charge is 0.344 e. The van der Waals surface area contributed by atoms with Gasteiger partial charge in [-0.15, -0.1) is 0 Å². The third kappa shape index (κ3) is 5.67. The zero-order chi connectivity index (χ0) is 33.5. The number of aliphatic hydroxyl groups is 2. The van der Waals surface area contributed by atoms with Gasteiger partial charge in [0.1, 0.15) is 11.7 Å². The molecule has 2 N–H and O–H groups in total. The van der Waals surface area contributed by atoms with Crippen LogP contribution in [0.2, 0.25) is 0 Å². The summed E-state index contributed by atoms with van der Waals surface area (Å²) < 4.78 is 17.1. The van der Waals surface area contributed by atoms with Gasteiger partial charge in [0.2, 0.25) is 0 Å². The molecule has 0 aromatic carbocycles. The lowest BCUT2D eigenvalue weighted by atomic mass is 9.43. The first kappa shape index (κ1) is 33.8. The first-order valence-corrected chi connectivity index (χ1v) is 19.1. The SMILES string of the molecule is CC(=O)O[C@@H]1CC[C@@]2(C)C(CC(O)C3C2C[C@H](O)[C@]2(C)C(C(C)CCC(=O)OCC(=O)OC4(C)C5CC6CC(C5)CC4C6)CCC32)C1. The molecule has 47 heavy (non-hydrogen) atoms. The summed E-state index contributed by atoms with van der Waals surface area (Å²) >= 11 is 0. The molecule has 8 saturated carbocycles. The van der Waals surface area contributed by atoms with Crippen molar-refractivity contribution in [1.29, 1.82) is 0 Å². The van der Waals surface area contributed by atoms with E-state index in [4.69, 9.17) is 14.2 Å². The first-order valence-electron chi connectivity index (χ1n) is 19.1. The van der Waals surface area contributed by atoms with Gasteiger partial charge in [-0.1, -0.05) is 20.8 Å². The maximum absolute atomic E-state index is 12.9. The lowest BCUT2D eigenvalue weighted by molar-refractivity contribution is -0.209. The Balaban J connectivity index is 0.927. The van der Waals surface area contributed by atoms with E-state index in [0.717, 1.165) is 76.0 Å². The molecule has 4 bridgehead atoms. The Morgan fingerprint density at radius 1 is 0.809 bits per heavy atom. The minimum Gasteiger partial charge on any atom is -0.463 e. The van der Waals surface area contributed by atoms with Crippen LogP contribution in [0.5, 0.6) is 0 Å². The standard InChI is InChI=1S/C39H60O8/c1-21(6-9-34(43)45-20-35(44)47-39(5)26-13-23-12-24(15-26)16-27(39)14-23)29-7-8-30-36-31(19-33(42)38(29,30)4)37(3)11-10-28(46-22(2)40)17-25(37)18-32(36)41/h21,23-33,36,41-42H,6-20H2,1-5H3/t21?,23?,24?,25?,26?,27?,28-,29?,30?,31?,32?,33+,36?,37+,38-,39?/m1/s1. The third-order valence-corrected chi connectivity index (χ3v) is 16.1. The van der Waals surface area contributed by atoms with E-state index in [1.165, 1.54) is 13.3 Å². The Bertz CT molecular complexity index is 1200. The van der Waals surface area contributed by atoms with Crippen LogP contribution in [-0.2, 0) is 28.6 Å². The molecule has 0 heterocycles. The molecule has 0 spiro atoms. The fraction of sp³-hybridized carbons (Fsp3) is 0.923. The number of hydrogen-bond acceptors (Lipinski definition) is 8. The highest BCUT2D eigenvalue weighted by molar-refractivity contribution is 5.76. The van der Waals surface area contributed by atoms with E-state index in [1.54, 1.807) is 0 Å². The molecule has 11 atom stereocenters. The van der Waals surface area contributed by atoms with Crippen LogP contribution >= 0.6 is 0 Å². The van der Waals surface area contributed by atoms with Crippen LogP contribution in [0, 0.1) is 70.0 Å². The second-order valence-corrected chi connectivity index (χ2v) is 18.2. The molecule has 8 aliphatic rings. The Morgan fingerprint density at radius 2 is 1.49 bits per heavy atom. The normalized spacial score (nSPS) is 50.1. The molecule has 8 rings (SSSR count). The van der Waals surface area contributed by atoms with E-state index < -0.39 is 23.8 Å². The highest BCUT2D eigenvalue weighted by Crippen LogP contribution is 2.68. The average Bonchev–Trinajstić information content (AvgIpc) is 3.36. The summed E-state index contributed by atoms with van der Waals surface area (Å²) in [5.74, 6) is 2.79. The van der Waals surface area contributed by atoms with Crippen LogP contribution in [0.1, 0.15) is 125 Å². The Morgan fingerprint density at radius 3 is 2.15 bits per heavy atom. The quantitative estimate of drug-likeness (QED) is 0.233. The zero-order valence-electron chi connectivity index (χ0n) is 29.5. The van der Waals surface area contributed by atoms with Crippen LogP contribution in [0.15, 0.2) is 0 Å². The van der Waals surface area contributed by atoms with E-state index >= 15 is 0 Å². The minimum atomic E-state index is -0.467. The Labute approximate surface area is 281 Å². The number of carbonyl (C=O) groups is 3. The van der Waals surface area contributed by atoms with Gasteiger partial charge in [0.15, 0.2) is 6.61 Å². The first-order chi connectivity index (χ1) is 22.2. The number of hydrogen-bond donors (Lipinski definition) is 2. The fourth-order valence-corrected chi connectivity index (χ4v) is 13.8. The minimum absolute atomic E-state index is 0.0188. The lowest BCUT2D eigenvalue weighted by Crippen LogP contribution is -2.62. The fourth-order valence-electron chi connectivity index (χ4n) is 13.8. The number of carbonyl (C=O) groups excluding carboxylic acids is 3. The molecule has 8 nitrogen and oxygen atoms in total. The van der Waals surface area contributed by atoms with Gasteiger partial charge in [0.25, 0.3) is 0 Å². The number of fused-ring (bicyclic) bond motifs is 5. The summed E-state index contributed by atoms with van der Waals surface area (Å²) in [5, 5.41) is 23.6. The Hall–Kier alpha value is -1.67. The number of esters is 3. The lowest BCUT2D eigenvalue weighted by Gasteiger charge is -2.63. The summed E-state index contributed by atoms with van der Waals surface area (Å²) in [6, 6.07) is 0. The maximum atomic E-state index is 12.9. The van der Waals surface area contributed by atoms with Gasteiger partial charge in [0.05, 0.1) is 12.2 Å². The van der Waals surface area contributed by atoms with Crippen LogP contribution in [0.4, 0.5) is 0 Å². The van der Waals surface area contributed by atoms with Gasteiger partial charge in [0, 0.05) is 13.3 Å². The van der Waals surface area contributed by atoms with Crippen LogP contribution < -0.4 is 0 Å². The van der Waals surface area contributed by atoms with Crippen molar-refractivity contribution < 1.29 is 38.8 Å². The molecule has 7 unspecified atom stereocenters. The van der Waals surface area contributed by atoms with Gasteiger partial charge >= 0.3 is 17.9 Å². The molecule has 0 saturated heterocycles. The van der Waals surface area contributed by atoms with E-state index in [1.807, 2.05) is 0 Å². The van der Waals surface area contributed by atoms with Crippen LogP contribution in [0.3, 0.4) is 0 Å². The van der Waals surface area contributed by atoms with E-state index in [-0.39, 0.29) is 77.4 Å². The van der Waals surface area contributed by atoms with Gasteiger partial charge in [-0.3, -0.25) is 9.59 Å². The van der Waals surface area contributed by atoms with Gasteiger partial charge < -0.3 is 24.4 Å². The molecular formula is C39H60O8. The molecule has 264 valence electrons. The van der Waals surface area contributed by atoms with Crippen molar-refractivity contribution in [1.82, 2.24) is 0 Å². The third-order valence-electron chi connectivity index (χ3n) is 16.1. The monoisotopic (exact) mass is 656 g/mol. The highest BCUT2D eigenvalue weighted by Gasteiger charge is 2.66. The van der Waals surface area contributed by atoms with Crippen LogP contribution in [-0.4, -0.2) is 58.6 Å². The van der Waals surface area contributed by atoms with Crippen LogP contribution in [0.25, 0.3) is 0 Å². The maximum Gasteiger partial charge on any atom is 0.344 e. The molecule has 0 amide bonds. The predicted octanol–water partition coefficient (Wildman–Crippen LogP) is 6.24. The molecule has 8 aliphatic carbocycles. The zero-order valence-corrected chi connectivity index (χ0v) is 29.5. The van der Waals surface area contributed by atoms with Gasteiger partial charge in [-0.25, -0.2) is 4.79 Å².